The van der Waals surface area contributed by atoms with Gasteiger partial charge >= 0.3 is 5.97 Å². The Morgan fingerprint density at radius 2 is 2.17 bits per heavy atom. The molecule has 0 fully saturated rings. The van der Waals surface area contributed by atoms with Crippen molar-refractivity contribution in [3.8, 4) is 0 Å². The number of carboxylic acid groups (broad SMARTS) is 1. The topological polar surface area (TPSA) is 66.6 Å². The van der Waals surface area contributed by atoms with Crippen LogP contribution in [-0.4, -0.2) is 24.2 Å². The Bertz CT molecular complexity index is 449. The van der Waals surface area contributed by atoms with Gasteiger partial charge in [-0.1, -0.05) is 13.3 Å². The van der Waals surface area contributed by atoms with Crippen LogP contribution in [0.5, 0.6) is 0 Å². The number of nitrogens with zero attached hydrogens (tertiary/aromatic N) is 1. The number of rotatable bonds is 5. The molecule has 3 N–H and O–H groups in total. The minimum Gasteiger partial charge on any atom is -0.478 e. The van der Waals surface area contributed by atoms with E-state index in [2.05, 4.69) is 6.92 Å². The van der Waals surface area contributed by atoms with Crippen LogP contribution in [0.2, 0.25) is 0 Å². The minimum absolute atomic E-state index is 0.165. The quantitative estimate of drug-likeness (QED) is 0.793. The van der Waals surface area contributed by atoms with Gasteiger partial charge < -0.3 is 15.7 Å². The highest BCUT2D eigenvalue weighted by Crippen LogP contribution is 2.29. The van der Waals surface area contributed by atoms with Crippen LogP contribution in [0, 0.1) is 5.82 Å². The van der Waals surface area contributed by atoms with Crippen LogP contribution in [-0.2, 0) is 0 Å². The standard InChI is InChI=1S/C13H19FN2O2/c1-4-5-8(2)16(3)10-7-6-9(14)12(15)11(10)13(17)18/h6-8H,4-5,15H2,1-3H3,(H,17,18). The summed E-state index contributed by atoms with van der Waals surface area (Å²) in [7, 11) is 1.79. The molecule has 0 aromatic heterocycles. The van der Waals surface area contributed by atoms with E-state index in [0.717, 1.165) is 12.8 Å². The van der Waals surface area contributed by atoms with Gasteiger partial charge in [0.05, 0.1) is 11.4 Å². The van der Waals surface area contributed by atoms with E-state index < -0.39 is 11.8 Å². The Morgan fingerprint density at radius 1 is 1.56 bits per heavy atom. The number of hydrogen-bond acceptors (Lipinski definition) is 3. The molecule has 0 aliphatic carbocycles. The van der Waals surface area contributed by atoms with Gasteiger partial charge in [0.15, 0.2) is 0 Å². The first kappa shape index (κ1) is 14.3. The zero-order valence-corrected chi connectivity index (χ0v) is 10.9. The summed E-state index contributed by atoms with van der Waals surface area (Å²) in [5.74, 6) is -1.91. The molecule has 1 aromatic carbocycles. The predicted octanol–water partition coefficient (Wildman–Crippen LogP) is 2.73. The Labute approximate surface area is 106 Å². The second-order valence-corrected chi connectivity index (χ2v) is 4.41. The molecule has 0 aliphatic heterocycles. The average molecular weight is 254 g/mol. The molecule has 18 heavy (non-hydrogen) atoms. The molecule has 1 rings (SSSR count). The number of aromatic carboxylic acids is 1. The maximum Gasteiger partial charge on any atom is 0.340 e. The van der Waals surface area contributed by atoms with Gasteiger partial charge in [-0.15, -0.1) is 0 Å². The third-order valence-electron chi connectivity index (χ3n) is 3.13. The first-order valence-corrected chi connectivity index (χ1v) is 5.94. The molecule has 0 saturated heterocycles. The lowest BCUT2D eigenvalue weighted by molar-refractivity contribution is 0.0698. The molecule has 0 spiro atoms. The van der Waals surface area contributed by atoms with Gasteiger partial charge in [0.25, 0.3) is 0 Å². The van der Waals surface area contributed by atoms with Gasteiger partial charge in [0.2, 0.25) is 0 Å². The summed E-state index contributed by atoms with van der Waals surface area (Å²) in [5, 5.41) is 9.16. The van der Waals surface area contributed by atoms with Crippen LogP contribution < -0.4 is 10.6 Å². The number of benzene rings is 1. The zero-order valence-electron chi connectivity index (χ0n) is 10.9. The lowest BCUT2D eigenvalue weighted by atomic mass is 10.1. The van der Waals surface area contributed by atoms with Gasteiger partial charge in [-0.3, -0.25) is 0 Å². The molecular formula is C13H19FN2O2. The normalized spacial score (nSPS) is 12.2. The largest absolute Gasteiger partial charge is 0.478 e. The van der Waals surface area contributed by atoms with Crippen molar-refractivity contribution >= 4 is 17.3 Å². The van der Waals surface area contributed by atoms with Crippen molar-refractivity contribution in [2.24, 2.45) is 0 Å². The Morgan fingerprint density at radius 3 is 2.67 bits per heavy atom. The van der Waals surface area contributed by atoms with Crippen molar-refractivity contribution in [3.05, 3.63) is 23.5 Å². The summed E-state index contributed by atoms with van der Waals surface area (Å²) in [5.41, 5.74) is 5.48. The van der Waals surface area contributed by atoms with Crippen molar-refractivity contribution in [3.63, 3.8) is 0 Å². The van der Waals surface area contributed by atoms with Crippen molar-refractivity contribution in [2.75, 3.05) is 17.7 Å². The molecule has 0 aliphatic rings. The highest BCUT2D eigenvalue weighted by atomic mass is 19.1. The molecule has 5 heteroatoms. The van der Waals surface area contributed by atoms with E-state index >= 15 is 0 Å². The van der Waals surface area contributed by atoms with Crippen LogP contribution in [0.3, 0.4) is 0 Å². The van der Waals surface area contributed by atoms with Crippen LogP contribution in [0.15, 0.2) is 12.1 Å². The second kappa shape index (κ2) is 5.71. The molecule has 0 saturated carbocycles. The molecule has 0 radical (unpaired) electrons. The van der Waals surface area contributed by atoms with Gasteiger partial charge in [0, 0.05) is 13.1 Å². The third-order valence-corrected chi connectivity index (χ3v) is 3.13. The number of nitrogen functional groups attached to an aromatic ring is 1. The Hall–Kier alpha value is -1.78. The molecule has 1 aromatic rings. The maximum atomic E-state index is 13.3. The van der Waals surface area contributed by atoms with Crippen LogP contribution in [0.1, 0.15) is 37.0 Å². The number of carbonyl (C=O) groups is 1. The van der Waals surface area contributed by atoms with E-state index in [1.54, 1.807) is 7.05 Å². The molecule has 0 bridgehead atoms. The molecule has 100 valence electrons. The van der Waals surface area contributed by atoms with E-state index in [9.17, 15) is 9.18 Å². The lowest BCUT2D eigenvalue weighted by Crippen LogP contribution is -2.30. The number of anilines is 2. The van der Waals surface area contributed by atoms with E-state index in [0.29, 0.717) is 5.69 Å². The molecule has 1 unspecified atom stereocenters. The Balaban J connectivity index is 3.24. The number of carboxylic acids is 1. The monoisotopic (exact) mass is 254 g/mol. The molecular weight excluding hydrogens is 235 g/mol. The molecule has 0 amide bonds. The summed E-state index contributed by atoms with van der Waals surface area (Å²) < 4.78 is 13.3. The van der Waals surface area contributed by atoms with Gasteiger partial charge in [-0.25, -0.2) is 9.18 Å². The van der Waals surface area contributed by atoms with Crippen molar-refractivity contribution in [1.82, 2.24) is 0 Å². The average Bonchev–Trinajstić information content (AvgIpc) is 2.31. The fourth-order valence-corrected chi connectivity index (χ4v) is 1.95. The van der Waals surface area contributed by atoms with Gasteiger partial charge in [-0.2, -0.15) is 0 Å². The molecule has 0 heterocycles. The second-order valence-electron chi connectivity index (χ2n) is 4.41. The summed E-state index contributed by atoms with van der Waals surface area (Å²) in [4.78, 5) is 13.0. The SMILES string of the molecule is CCCC(C)N(C)c1ccc(F)c(N)c1C(=O)O. The highest BCUT2D eigenvalue weighted by molar-refractivity contribution is 6.00. The van der Waals surface area contributed by atoms with Gasteiger partial charge in [0.1, 0.15) is 11.4 Å². The number of hydrogen-bond donors (Lipinski definition) is 2. The molecule has 1 atom stereocenters. The number of nitrogens with two attached hydrogens (primary N) is 1. The van der Waals surface area contributed by atoms with E-state index in [4.69, 9.17) is 10.8 Å². The summed E-state index contributed by atoms with van der Waals surface area (Å²) in [6, 6.07) is 2.83. The van der Waals surface area contributed by atoms with Crippen molar-refractivity contribution in [2.45, 2.75) is 32.7 Å². The van der Waals surface area contributed by atoms with Crippen LogP contribution in [0.4, 0.5) is 15.8 Å². The molecule has 4 nitrogen and oxygen atoms in total. The maximum absolute atomic E-state index is 13.3. The van der Waals surface area contributed by atoms with Crippen LogP contribution in [0.25, 0.3) is 0 Å². The first-order valence-electron chi connectivity index (χ1n) is 5.94. The summed E-state index contributed by atoms with van der Waals surface area (Å²) >= 11 is 0. The Kier molecular flexibility index (Phi) is 4.53. The van der Waals surface area contributed by atoms with Crippen molar-refractivity contribution < 1.29 is 14.3 Å². The fraction of sp³-hybridized carbons (Fsp3) is 0.462. The summed E-state index contributed by atoms with van der Waals surface area (Å²) in [6.45, 7) is 4.05. The zero-order chi connectivity index (χ0) is 13.9. The fourth-order valence-electron chi connectivity index (χ4n) is 1.95. The first-order chi connectivity index (χ1) is 8.40. The minimum atomic E-state index is -1.21. The van der Waals surface area contributed by atoms with E-state index in [1.807, 2.05) is 11.8 Å². The predicted molar refractivity (Wildman–Crippen MR) is 70.5 cm³/mol. The van der Waals surface area contributed by atoms with Crippen LogP contribution >= 0.6 is 0 Å². The van der Waals surface area contributed by atoms with E-state index in [-0.39, 0.29) is 17.3 Å². The van der Waals surface area contributed by atoms with E-state index in [1.165, 1.54) is 12.1 Å². The third kappa shape index (κ3) is 2.72. The smallest absolute Gasteiger partial charge is 0.340 e. The highest BCUT2D eigenvalue weighted by Gasteiger charge is 2.21. The van der Waals surface area contributed by atoms with Gasteiger partial charge in [-0.05, 0) is 25.5 Å². The lowest BCUT2D eigenvalue weighted by Gasteiger charge is -2.28. The summed E-state index contributed by atoms with van der Waals surface area (Å²) in [6.07, 6.45) is 1.91. The van der Waals surface area contributed by atoms with Crippen molar-refractivity contribution in [1.29, 1.82) is 0 Å². The number of halogens is 1.